The van der Waals surface area contributed by atoms with Crippen LogP contribution < -0.4 is 0 Å². The maximum absolute atomic E-state index is 11.8. The average molecular weight is 361 g/mol. The second-order valence-electron chi connectivity index (χ2n) is 6.91. The molecule has 0 spiro atoms. The molecule has 146 valence electrons. The number of hydroxylamine groups is 2. The third-order valence-corrected chi connectivity index (χ3v) is 4.60. The molecule has 0 saturated heterocycles. The Bertz CT molecular complexity index is 488. The number of carbonyl (C=O) groups excluding carboxylic acids is 1. The van der Waals surface area contributed by atoms with Gasteiger partial charge in [0.05, 0.1) is 7.11 Å². The lowest BCUT2D eigenvalue weighted by Gasteiger charge is -2.12. The molecule has 0 fully saturated rings. The third-order valence-electron chi connectivity index (χ3n) is 4.60. The molecule has 0 atom stereocenters. The molecule has 0 aliphatic carbocycles. The van der Waals surface area contributed by atoms with E-state index in [2.05, 4.69) is 4.98 Å². The number of ketones is 1. The first-order valence-electron chi connectivity index (χ1n) is 10.1. The number of nitrogens with zero attached hydrogens (tertiary/aromatic N) is 2. The molecule has 1 aromatic rings. The Balaban J connectivity index is 1.86. The Hall–Kier alpha value is -1.52. The molecule has 0 saturated carbocycles. The highest BCUT2D eigenvalue weighted by molar-refractivity contribution is 5.93. The van der Waals surface area contributed by atoms with Crippen LogP contribution in [0.2, 0.25) is 0 Å². The number of rotatable bonds is 16. The van der Waals surface area contributed by atoms with Gasteiger partial charge in [-0.3, -0.25) is 9.78 Å². The Kier molecular flexibility index (Phi) is 13.6. The van der Waals surface area contributed by atoms with Crippen LogP contribution in [0, 0.1) is 0 Å². The van der Waals surface area contributed by atoms with E-state index >= 15 is 0 Å². The van der Waals surface area contributed by atoms with Gasteiger partial charge in [0.2, 0.25) is 0 Å². The van der Waals surface area contributed by atoms with Gasteiger partial charge in [-0.1, -0.05) is 57.4 Å². The number of allylic oxidation sites excluding steroid dienone is 1. The molecule has 4 heteroatoms. The molecule has 26 heavy (non-hydrogen) atoms. The largest absolute Gasteiger partial charge is 0.303 e. The van der Waals surface area contributed by atoms with Crippen molar-refractivity contribution in [2.45, 2.75) is 70.6 Å². The third kappa shape index (κ3) is 12.8. The summed E-state index contributed by atoms with van der Waals surface area (Å²) in [5.74, 6) is 0.216. The number of aromatic nitrogens is 1. The van der Waals surface area contributed by atoms with Crippen LogP contribution in [-0.4, -0.2) is 36.5 Å². The van der Waals surface area contributed by atoms with Crippen LogP contribution in [0.4, 0.5) is 0 Å². The highest BCUT2D eigenvalue weighted by atomic mass is 16.7. The van der Waals surface area contributed by atoms with E-state index in [1.807, 2.05) is 30.3 Å². The van der Waals surface area contributed by atoms with Crippen molar-refractivity contribution in [1.29, 1.82) is 0 Å². The van der Waals surface area contributed by atoms with Gasteiger partial charge in [-0.25, -0.2) is 0 Å². The lowest BCUT2D eigenvalue weighted by Crippen LogP contribution is -2.17. The average Bonchev–Trinajstić information content (AvgIpc) is 2.67. The fourth-order valence-electron chi connectivity index (χ4n) is 2.89. The highest BCUT2D eigenvalue weighted by Crippen LogP contribution is 2.12. The first kappa shape index (κ1) is 22.5. The fraction of sp³-hybridized carbons (Fsp3) is 0.636. The highest BCUT2D eigenvalue weighted by Gasteiger charge is 1.98. The second kappa shape index (κ2) is 15.7. The van der Waals surface area contributed by atoms with Gasteiger partial charge >= 0.3 is 0 Å². The van der Waals surface area contributed by atoms with Gasteiger partial charge in [-0.05, 0) is 36.6 Å². The molecule has 0 N–H and O–H groups in total. The first-order chi connectivity index (χ1) is 12.7. The molecule has 1 rings (SSSR count). The van der Waals surface area contributed by atoms with Crippen LogP contribution in [-0.2, 0) is 9.63 Å². The summed E-state index contributed by atoms with van der Waals surface area (Å²) in [7, 11) is 3.69. The minimum Gasteiger partial charge on any atom is -0.303 e. The zero-order chi connectivity index (χ0) is 18.9. The minimum absolute atomic E-state index is 0.216. The molecule has 0 aromatic carbocycles. The van der Waals surface area contributed by atoms with Crippen LogP contribution in [0.3, 0.4) is 0 Å². The summed E-state index contributed by atoms with van der Waals surface area (Å²) in [4.78, 5) is 21.0. The normalized spacial score (nSPS) is 11.5. The molecule has 1 aromatic heterocycles. The van der Waals surface area contributed by atoms with E-state index in [0.29, 0.717) is 6.42 Å². The lowest BCUT2D eigenvalue weighted by molar-refractivity contribution is -0.114. The zero-order valence-corrected chi connectivity index (χ0v) is 16.7. The van der Waals surface area contributed by atoms with Gasteiger partial charge in [0.15, 0.2) is 5.78 Å². The van der Waals surface area contributed by atoms with E-state index in [1.165, 1.54) is 51.4 Å². The lowest BCUT2D eigenvalue weighted by atomic mass is 10.0. The van der Waals surface area contributed by atoms with Gasteiger partial charge in [-0.2, -0.15) is 5.06 Å². The Morgan fingerprint density at radius 2 is 1.65 bits per heavy atom. The van der Waals surface area contributed by atoms with Gasteiger partial charge in [0.1, 0.15) is 0 Å². The summed E-state index contributed by atoms with van der Waals surface area (Å²) in [6, 6.07) is 3.83. The van der Waals surface area contributed by atoms with Crippen molar-refractivity contribution in [2.24, 2.45) is 0 Å². The maximum atomic E-state index is 11.8. The van der Waals surface area contributed by atoms with E-state index in [9.17, 15) is 4.79 Å². The summed E-state index contributed by atoms with van der Waals surface area (Å²) in [5, 5.41) is 1.89. The van der Waals surface area contributed by atoms with E-state index < -0.39 is 0 Å². The molecule has 0 aliphatic rings. The molecular weight excluding hydrogens is 324 g/mol. The van der Waals surface area contributed by atoms with Crippen LogP contribution in [0.1, 0.15) is 76.2 Å². The van der Waals surface area contributed by atoms with E-state index in [4.69, 9.17) is 4.84 Å². The number of hydrogen-bond donors (Lipinski definition) is 0. The molecule has 0 radical (unpaired) electrons. The second-order valence-corrected chi connectivity index (χ2v) is 6.91. The zero-order valence-electron chi connectivity index (χ0n) is 16.7. The number of unbranched alkanes of at least 4 members (excludes halogenated alkanes) is 9. The van der Waals surface area contributed by atoms with E-state index in [0.717, 1.165) is 24.9 Å². The van der Waals surface area contributed by atoms with Gasteiger partial charge in [-0.15, -0.1) is 0 Å². The molecule has 1 heterocycles. The maximum Gasteiger partial charge on any atom is 0.155 e. The van der Waals surface area contributed by atoms with Crippen LogP contribution in [0.5, 0.6) is 0 Å². The minimum atomic E-state index is 0.216. The Morgan fingerprint density at radius 1 is 1.04 bits per heavy atom. The fourth-order valence-corrected chi connectivity index (χ4v) is 2.89. The topological polar surface area (TPSA) is 42.4 Å². The molecular formula is C22H36N2O2. The van der Waals surface area contributed by atoms with Gasteiger partial charge in [0, 0.05) is 32.4 Å². The van der Waals surface area contributed by atoms with Crippen molar-refractivity contribution >= 4 is 11.9 Å². The quantitative estimate of drug-likeness (QED) is 0.223. The molecule has 0 bridgehead atoms. The van der Waals surface area contributed by atoms with Crippen molar-refractivity contribution in [3.05, 3.63) is 36.2 Å². The van der Waals surface area contributed by atoms with Gasteiger partial charge < -0.3 is 4.84 Å². The molecule has 0 amide bonds. The smallest absolute Gasteiger partial charge is 0.155 e. The standard InChI is InChI=1S/C22H36N2O2/c1-24(26-2)19-12-10-8-6-4-3-5-7-9-11-15-22(25)17-16-21-14-13-18-23-20-21/h13-14,16-18,20H,3-12,15,19H2,1-2H3/b17-16+. The van der Waals surface area contributed by atoms with Crippen LogP contribution in [0.15, 0.2) is 30.6 Å². The van der Waals surface area contributed by atoms with Crippen LogP contribution in [0.25, 0.3) is 6.08 Å². The Labute approximate surface area is 159 Å². The number of hydrogen-bond acceptors (Lipinski definition) is 4. The predicted octanol–water partition coefficient (Wildman–Crippen LogP) is 5.45. The van der Waals surface area contributed by atoms with E-state index in [1.54, 1.807) is 25.6 Å². The first-order valence-corrected chi connectivity index (χ1v) is 10.1. The monoisotopic (exact) mass is 360 g/mol. The molecule has 0 unspecified atom stereocenters. The summed E-state index contributed by atoms with van der Waals surface area (Å²) in [6.07, 6.45) is 20.3. The number of pyridine rings is 1. The van der Waals surface area contributed by atoms with Crippen molar-refractivity contribution in [2.75, 3.05) is 20.7 Å². The van der Waals surface area contributed by atoms with Crippen molar-refractivity contribution in [3.63, 3.8) is 0 Å². The summed E-state index contributed by atoms with van der Waals surface area (Å²) in [6.45, 7) is 1.02. The summed E-state index contributed by atoms with van der Waals surface area (Å²) in [5.41, 5.74) is 0.978. The van der Waals surface area contributed by atoms with Crippen molar-refractivity contribution in [1.82, 2.24) is 10.0 Å². The summed E-state index contributed by atoms with van der Waals surface area (Å²) >= 11 is 0. The van der Waals surface area contributed by atoms with Crippen LogP contribution >= 0.6 is 0 Å². The number of carbonyl (C=O) groups is 1. The van der Waals surface area contributed by atoms with Crippen molar-refractivity contribution < 1.29 is 9.63 Å². The predicted molar refractivity (Wildman–Crippen MR) is 109 cm³/mol. The molecule has 4 nitrogen and oxygen atoms in total. The summed E-state index contributed by atoms with van der Waals surface area (Å²) < 4.78 is 0. The molecule has 0 aliphatic heterocycles. The Morgan fingerprint density at radius 3 is 2.23 bits per heavy atom. The SMILES string of the molecule is CON(C)CCCCCCCCCCCCC(=O)/C=C/c1cccnc1. The van der Waals surface area contributed by atoms with Gasteiger partial charge in [0.25, 0.3) is 0 Å². The van der Waals surface area contributed by atoms with E-state index in [-0.39, 0.29) is 5.78 Å². The van der Waals surface area contributed by atoms with Crippen molar-refractivity contribution in [3.8, 4) is 0 Å².